The van der Waals surface area contributed by atoms with Gasteiger partial charge in [0.15, 0.2) is 0 Å². The van der Waals surface area contributed by atoms with Crippen LogP contribution in [0, 0.1) is 21.8 Å². The Morgan fingerprint density at radius 1 is 0.600 bits per heavy atom. The first-order valence-electron chi connectivity index (χ1n) is 7.87. The molecular weight excluding hydrogens is 694 g/mol. The molecule has 180 valence electrons. The second-order valence-corrected chi connectivity index (χ2v) is 7.53. The van der Waals surface area contributed by atoms with Crippen molar-refractivity contribution in [3.8, 4) is 0 Å². The third-order valence-electron chi connectivity index (χ3n) is 2.91. The third kappa shape index (κ3) is 35.3. The van der Waals surface area contributed by atoms with Crippen LogP contribution in [0.1, 0.15) is 26.3 Å². The molecule has 4 nitrogen and oxygen atoms in total. The Balaban J connectivity index is -0.0000000452. The molecule has 0 atom stereocenters. The van der Waals surface area contributed by atoms with E-state index < -0.39 is 28.8 Å². The predicted octanol–water partition coefficient (Wildman–Crippen LogP) is 7.89. The fourth-order valence-electron chi connectivity index (χ4n) is 1.66. The van der Waals surface area contributed by atoms with Gasteiger partial charge in [-0.2, -0.15) is 24.6 Å². The number of hydrogen-bond donors (Lipinski definition) is 0. The van der Waals surface area contributed by atoms with Gasteiger partial charge < -0.3 is 35.9 Å². The average molecular weight is 720 g/mol. The van der Waals surface area contributed by atoms with Crippen molar-refractivity contribution in [3.05, 3.63) is 141 Å². The van der Waals surface area contributed by atoms with Crippen LogP contribution in [0.2, 0.25) is 0 Å². The van der Waals surface area contributed by atoms with Crippen LogP contribution >= 0.6 is 18.6 Å². The van der Waals surface area contributed by atoms with Crippen LogP contribution in [0.4, 0.5) is 0 Å². The largest absolute Gasteiger partial charge is 2.00 e. The van der Waals surface area contributed by atoms with E-state index in [2.05, 4.69) is 6.92 Å². The second-order valence-electron chi connectivity index (χ2n) is 4.95. The number of carbonyl (C=O) groups excluding carboxylic acids is 2. The fraction of sp³-hybridized carbons (Fsp3) is 0. The summed E-state index contributed by atoms with van der Waals surface area (Å²) in [7, 11) is 9.78. The van der Waals surface area contributed by atoms with E-state index in [1.807, 2.05) is 42.5 Å². The Kier molecular flexibility index (Phi) is 64.3. The topological polar surface area (TPSA) is 81.7 Å². The van der Waals surface area contributed by atoms with Gasteiger partial charge in [0.25, 0.3) is 0 Å². The van der Waals surface area contributed by atoms with E-state index >= 15 is 0 Å². The Labute approximate surface area is 302 Å². The molecule has 0 fully saturated rings. The van der Waals surface area contributed by atoms with Crippen LogP contribution in [0.15, 0.2) is 91.0 Å². The van der Waals surface area contributed by atoms with Gasteiger partial charge >= 0.3 is 57.4 Å². The molecule has 0 radical (unpaired) electrons. The van der Waals surface area contributed by atoms with Crippen molar-refractivity contribution >= 4 is 30.4 Å². The molecule has 0 spiro atoms. The molecule has 0 unspecified atom stereocenters. The number of nitrogens with one attached hydrogen (secondary N) is 2. The van der Waals surface area contributed by atoms with E-state index in [1.54, 1.807) is 48.5 Å². The average Bonchev–Trinajstić information content (AvgIpc) is 2.71. The molecular formula is C23H25Cl2N2O2Ti6-3. The van der Waals surface area contributed by atoms with E-state index in [0.29, 0.717) is 11.1 Å². The number of carbonyl (C=O) groups is 2. The SMILES string of the molecule is [CH2-]c1ccccc1.[CH3-].[CH3-].[Cl][Ti][Cl].[NH-]C(=O)c1ccccc1.[NH-]C(=O)c1ccccc1.[Ti+2].[Ti].[Ti].[Ti].[Ti]. The molecule has 12 heteroatoms. The molecule has 3 aromatic carbocycles. The standard InChI is InChI=1S/2C7H7NO.C7H7.2CH3.2ClH.6Ti/c2*8-7(9)6-4-2-1-3-5-6;1-7-5-3-2-4-6-7;;;;;;;;;;/h2*1-5H,(H2,8,9);2-6H,1H2;2*1H3;2*1H;;;;;;/q;;3*-1;;;;;;;2*+2/p-4. The molecule has 0 aliphatic carbocycles. The summed E-state index contributed by atoms with van der Waals surface area (Å²) in [5, 5.41) is 0. The van der Waals surface area contributed by atoms with Crippen molar-refractivity contribution in [2.24, 2.45) is 0 Å². The van der Waals surface area contributed by atoms with E-state index in [0.717, 1.165) is 5.56 Å². The molecule has 35 heavy (non-hydrogen) atoms. The van der Waals surface area contributed by atoms with Crippen LogP contribution in [0.25, 0.3) is 11.5 Å². The summed E-state index contributed by atoms with van der Waals surface area (Å²) in [6.45, 7) is 3.72. The molecule has 2 amide bonds. The first kappa shape index (κ1) is 56.5. The first-order chi connectivity index (χ1) is 13.4. The molecule has 3 aromatic rings. The number of benzene rings is 3. The van der Waals surface area contributed by atoms with Gasteiger partial charge in [0.05, 0.1) is 11.8 Å². The zero-order chi connectivity index (χ0) is 21.2. The van der Waals surface area contributed by atoms with E-state index in [-0.39, 0.29) is 123 Å². The maximum Gasteiger partial charge on any atom is 2.00 e. The van der Waals surface area contributed by atoms with E-state index in [4.69, 9.17) is 30.1 Å². The summed E-state index contributed by atoms with van der Waals surface area (Å²) in [6.07, 6.45) is 0. The molecule has 0 aliphatic rings. The Morgan fingerprint density at radius 2 is 0.800 bits per heavy atom. The summed E-state index contributed by atoms with van der Waals surface area (Å²) in [4.78, 5) is 20.6. The van der Waals surface area contributed by atoms with Crippen molar-refractivity contribution in [3.63, 3.8) is 0 Å². The second kappa shape index (κ2) is 39.8. The first-order valence-corrected chi connectivity index (χ1v) is 12.2. The van der Waals surface area contributed by atoms with Crippen molar-refractivity contribution in [1.29, 1.82) is 0 Å². The minimum atomic E-state index is -0.629. The normalized spacial score (nSPS) is 6.69. The molecule has 3 rings (SSSR count). The minimum absolute atomic E-state index is 0. The third-order valence-corrected chi connectivity index (χ3v) is 2.91. The van der Waals surface area contributed by atoms with E-state index in [1.165, 1.54) is 0 Å². The van der Waals surface area contributed by atoms with Gasteiger partial charge in [-0.1, -0.05) is 66.7 Å². The van der Waals surface area contributed by atoms with Gasteiger partial charge in [0, 0.05) is 86.9 Å². The molecule has 0 aliphatic heterocycles. The monoisotopic (exact) mass is 719 g/mol. The summed E-state index contributed by atoms with van der Waals surface area (Å²) in [5.41, 5.74) is 15.3. The fourth-order valence-corrected chi connectivity index (χ4v) is 1.66. The minimum Gasteiger partial charge on any atom is -0.664 e. The summed E-state index contributed by atoms with van der Waals surface area (Å²) in [6, 6.07) is 26.9. The number of halogens is 2. The van der Waals surface area contributed by atoms with Crippen molar-refractivity contribution in [2.75, 3.05) is 0 Å². The number of amides is 2. The Bertz CT molecular complexity index is 757. The predicted molar refractivity (Wildman–Crippen MR) is 126 cm³/mol. The van der Waals surface area contributed by atoms with Crippen molar-refractivity contribution in [2.45, 2.75) is 0 Å². The Morgan fingerprint density at radius 3 is 0.914 bits per heavy atom. The summed E-state index contributed by atoms with van der Waals surface area (Å²) < 4.78 is 0. The molecule has 2 N–H and O–H groups in total. The number of hydrogen-bond acceptors (Lipinski definition) is 2. The summed E-state index contributed by atoms with van der Waals surface area (Å²) in [5.74, 6) is -1.26. The van der Waals surface area contributed by atoms with Crippen LogP contribution in [-0.4, -0.2) is 11.8 Å². The van der Waals surface area contributed by atoms with Crippen LogP contribution in [0.3, 0.4) is 0 Å². The van der Waals surface area contributed by atoms with Gasteiger partial charge in [0.1, 0.15) is 0 Å². The van der Waals surface area contributed by atoms with Crippen LogP contribution < -0.4 is 0 Å². The molecule has 0 aromatic heterocycles. The van der Waals surface area contributed by atoms with Crippen molar-refractivity contribution in [1.82, 2.24) is 0 Å². The van der Waals surface area contributed by atoms with E-state index in [9.17, 15) is 9.59 Å². The zero-order valence-corrected chi connectivity index (χ0v) is 30.3. The van der Waals surface area contributed by atoms with Gasteiger partial charge in [-0.15, -0.1) is 12.1 Å². The van der Waals surface area contributed by atoms with Crippen molar-refractivity contribution < 1.29 is 135 Å². The van der Waals surface area contributed by atoms with Gasteiger partial charge in [-0.25, -0.2) is 0 Å². The molecule has 0 saturated carbocycles. The van der Waals surface area contributed by atoms with Gasteiger partial charge in [-0.3, -0.25) is 0 Å². The Hall–Kier alpha value is 1.34. The smallest absolute Gasteiger partial charge is 0.664 e. The van der Waals surface area contributed by atoms with Gasteiger partial charge in [0.2, 0.25) is 0 Å². The molecule has 0 saturated heterocycles. The van der Waals surface area contributed by atoms with Gasteiger partial charge in [-0.05, 0) is 11.1 Å². The maximum atomic E-state index is 10.3. The number of rotatable bonds is 2. The van der Waals surface area contributed by atoms with Crippen LogP contribution in [-0.2, 0) is 126 Å². The quantitative estimate of drug-likeness (QED) is 0.200. The van der Waals surface area contributed by atoms with Crippen LogP contribution in [0.5, 0.6) is 0 Å². The maximum absolute atomic E-state index is 10.3. The molecule has 0 heterocycles. The molecule has 0 bridgehead atoms. The zero-order valence-electron chi connectivity index (χ0n) is 19.4. The summed E-state index contributed by atoms with van der Waals surface area (Å²) >= 11 is -0.556.